The number of ether oxygens (including phenoxy) is 1. The summed E-state index contributed by atoms with van der Waals surface area (Å²) in [7, 11) is 0. The molecule has 1 atom stereocenters. The molecule has 0 unspecified atom stereocenters. The van der Waals surface area contributed by atoms with Crippen LogP contribution in [0.1, 0.15) is 61.5 Å². The van der Waals surface area contributed by atoms with Crippen LogP contribution in [0.2, 0.25) is 0 Å². The smallest absolute Gasteiger partial charge is 0.272 e. The molecule has 5 heteroatoms. The Balaban J connectivity index is 1.53. The molecule has 184 valence electrons. The van der Waals surface area contributed by atoms with Crippen LogP contribution in [-0.4, -0.2) is 23.7 Å². The number of fused-ring (bicyclic) bond motifs is 1. The highest BCUT2D eigenvalue weighted by Gasteiger charge is 2.14. The highest BCUT2D eigenvalue weighted by molar-refractivity contribution is 6.07. The van der Waals surface area contributed by atoms with Crippen LogP contribution in [0.5, 0.6) is 5.75 Å². The van der Waals surface area contributed by atoms with E-state index < -0.39 is 0 Å². The van der Waals surface area contributed by atoms with E-state index in [-0.39, 0.29) is 5.91 Å². The summed E-state index contributed by atoms with van der Waals surface area (Å²) >= 11 is 0. The van der Waals surface area contributed by atoms with Crippen LogP contribution in [0.3, 0.4) is 0 Å². The summed E-state index contributed by atoms with van der Waals surface area (Å²) in [6, 6.07) is 25.6. The van der Waals surface area contributed by atoms with Gasteiger partial charge in [0.25, 0.3) is 5.91 Å². The van der Waals surface area contributed by atoms with E-state index in [1.54, 1.807) is 6.21 Å². The number of hydrogen-bond acceptors (Lipinski definition) is 4. The molecular weight excluding hydrogens is 446 g/mol. The van der Waals surface area contributed by atoms with Crippen molar-refractivity contribution in [2.45, 2.75) is 40.0 Å². The van der Waals surface area contributed by atoms with Crippen molar-refractivity contribution >= 4 is 23.0 Å². The van der Waals surface area contributed by atoms with Crippen LogP contribution in [0.15, 0.2) is 84.0 Å². The molecule has 1 heterocycles. The van der Waals surface area contributed by atoms with E-state index >= 15 is 0 Å². The normalized spacial score (nSPS) is 12.2. The number of benzene rings is 3. The summed E-state index contributed by atoms with van der Waals surface area (Å²) in [6.07, 6.45) is 2.72. The van der Waals surface area contributed by atoms with Crippen molar-refractivity contribution in [3.63, 3.8) is 0 Å². The summed E-state index contributed by atoms with van der Waals surface area (Å²) in [4.78, 5) is 18.0. The monoisotopic (exact) mass is 479 g/mol. The quantitative estimate of drug-likeness (QED) is 0.204. The van der Waals surface area contributed by atoms with Gasteiger partial charge in [0.15, 0.2) is 0 Å². The topological polar surface area (TPSA) is 63.6 Å². The minimum absolute atomic E-state index is 0.279. The Morgan fingerprint density at radius 3 is 2.42 bits per heavy atom. The number of rotatable bonds is 9. The van der Waals surface area contributed by atoms with Gasteiger partial charge in [0, 0.05) is 10.9 Å². The summed E-state index contributed by atoms with van der Waals surface area (Å²) in [5.74, 6) is 1.51. The average molecular weight is 480 g/mol. The summed E-state index contributed by atoms with van der Waals surface area (Å²) < 4.78 is 5.72. The van der Waals surface area contributed by atoms with Crippen molar-refractivity contribution in [3.05, 3.63) is 95.6 Å². The van der Waals surface area contributed by atoms with Crippen LogP contribution in [0.25, 0.3) is 22.2 Å². The number of para-hydroxylation sites is 1. The van der Waals surface area contributed by atoms with Gasteiger partial charge in [-0.1, -0.05) is 70.2 Å². The molecule has 0 bridgehead atoms. The molecule has 36 heavy (non-hydrogen) atoms. The lowest BCUT2D eigenvalue weighted by atomic mass is 9.96. The fourth-order valence-electron chi connectivity index (χ4n) is 3.87. The van der Waals surface area contributed by atoms with Crippen LogP contribution < -0.4 is 10.2 Å². The van der Waals surface area contributed by atoms with Crippen molar-refractivity contribution in [2.75, 3.05) is 6.61 Å². The predicted molar refractivity (Wildman–Crippen MR) is 148 cm³/mol. The molecule has 1 amide bonds. The van der Waals surface area contributed by atoms with Gasteiger partial charge >= 0.3 is 0 Å². The van der Waals surface area contributed by atoms with Gasteiger partial charge in [0.1, 0.15) is 5.75 Å². The Hall–Kier alpha value is -3.99. The minimum atomic E-state index is -0.279. The van der Waals surface area contributed by atoms with Gasteiger partial charge in [0.05, 0.1) is 29.6 Å². The highest BCUT2D eigenvalue weighted by atomic mass is 16.5. The van der Waals surface area contributed by atoms with E-state index in [1.165, 1.54) is 5.56 Å². The molecular formula is C31H33N3O2. The Morgan fingerprint density at radius 1 is 1.00 bits per heavy atom. The summed E-state index contributed by atoms with van der Waals surface area (Å²) in [5.41, 5.74) is 7.89. The zero-order valence-corrected chi connectivity index (χ0v) is 21.4. The molecule has 0 saturated carbocycles. The predicted octanol–water partition coefficient (Wildman–Crippen LogP) is 7.21. The summed E-state index contributed by atoms with van der Waals surface area (Å²) in [5, 5.41) is 4.97. The maximum atomic E-state index is 13.1. The maximum absolute atomic E-state index is 13.1. The first-order chi connectivity index (χ1) is 17.4. The van der Waals surface area contributed by atoms with Gasteiger partial charge in [-0.3, -0.25) is 4.79 Å². The number of aromatic nitrogens is 1. The number of carbonyl (C=O) groups excluding carboxylic acids is 1. The maximum Gasteiger partial charge on any atom is 0.272 e. The van der Waals surface area contributed by atoms with Gasteiger partial charge in [-0.25, -0.2) is 10.4 Å². The van der Waals surface area contributed by atoms with Crippen LogP contribution in [0, 0.1) is 5.92 Å². The van der Waals surface area contributed by atoms with E-state index in [0.717, 1.165) is 39.9 Å². The van der Waals surface area contributed by atoms with E-state index in [9.17, 15) is 4.79 Å². The van der Waals surface area contributed by atoms with Gasteiger partial charge < -0.3 is 4.74 Å². The molecule has 0 aliphatic heterocycles. The molecule has 1 aromatic heterocycles. The Labute approximate surface area is 213 Å². The largest absolute Gasteiger partial charge is 0.493 e. The zero-order valence-electron chi connectivity index (χ0n) is 21.4. The molecule has 4 aromatic rings. The van der Waals surface area contributed by atoms with Crippen molar-refractivity contribution in [2.24, 2.45) is 11.0 Å². The number of nitrogens with zero attached hydrogens (tertiary/aromatic N) is 2. The molecule has 0 aliphatic carbocycles. The van der Waals surface area contributed by atoms with Gasteiger partial charge in [-0.05, 0) is 65.8 Å². The van der Waals surface area contributed by atoms with Crippen LogP contribution in [0.4, 0.5) is 0 Å². The molecule has 0 spiro atoms. The molecule has 4 rings (SSSR count). The fraction of sp³-hybridized carbons (Fsp3) is 0.258. The van der Waals surface area contributed by atoms with Crippen molar-refractivity contribution in [1.29, 1.82) is 0 Å². The molecule has 0 fully saturated rings. The van der Waals surface area contributed by atoms with Gasteiger partial charge in [-0.2, -0.15) is 5.10 Å². The molecule has 1 N–H and O–H groups in total. The number of hydrazone groups is 1. The van der Waals surface area contributed by atoms with Crippen LogP contribution in [-0.2, 0) is 0 Å². The van der Waals surface area contributed by atoms with Gasteiger partial charge in [0.2, 0.25) is 0 Å². The number of pyridine rings is 1. The Morgan fingerprint density at radius 2 is 1.72 bits per heavy atom. The SMILES string of the molecule is CC[C@H](C)c1ccc(-c2cc(C(=O)N/N=C\c3ccc(OCC(C)C)cc3)c3ccccc3n2)cc1. The molecule has 3 aromatic carbocycles. The van der Waals surface area contributed by atoms with E-state index in [0.29, 0.717) is 24.0 Å². The number of nitrogens with one attached hydrogen (secondary N) is 1. The summed E-state index contributed by atoms with van der Waals surface area (Å²) in [6.45, 7) is 9.31. The van der Waals surface area contributed by atoms with Crippen LogP contribution >= 0.6 is 0 Å². The van der Waals surface area contributed by atoms with E-state index in [4.69, 9.17) is 9.72 Å². The lowest BCUT2D eigenvalue weighted by Crippen LogP contribution is -2.18. The van der Waals surface area contributed by atoms with Gasteiger partial charge in [-0.15, -0.1) is 0 Å². The number of amides is 1. The molecule has 0 saturated heterocycles. The molecule has 0 aliphatic rings. The second kappa shape index (κ2) is 11.6. The first-order valence-electron chi connectivity index (χ1n) is 12.5. The second-order valence-electron chi connectivity index (χ2n) is 9.48. The standard InChI is InChI=1S/C31H33N3O2/c1-5-22(4)24-12-14-25(15-13-24)30-18-28(27-8-6-7-9-29(27)33-30)31(35)34-32-19-23-10-16-26(17-11-23)36-20-21(2)3/h6-19,21-22H,5,20H2,1-4H3,(H,34,35)/b32-19-/t22-/m0/s1. The van der Waals surface area contributed by atoms with Crippen molar-refractivity contribution in [1.82, 2.24) is 10.4 Å². The average Bonchev–Trinajstić information content (AvgIpc) is 2.91. The molecule has 5 nitrogen and oxygen atoms in total. The number of carbonyl (C=O) groups is 1. The van der Waals surface area contributed by atoms with E-state index in [1.807, 2.05) is 54.6 Å². The fourth-order valence-corrected chi connectivity index (χ4v) is 3.87. The van der Waals surface area contributed by atoms with Crippen molar-refractivity contribution in [3.8, 4) is 17.0 Å². The van der Waals surface area contributed by atoms with Crippen molar-refractivity contribution < 1.29 is 9.53 Å². The third-order valence-corrected chi connectivity index (χ3v) is 6.19. The lowest BCUT2D eigenvalue weighted by Gasteiger charge is -2.11. The minimum Gasteiger partial charge on any atom is -0.493 e. The Kier molecular flexibility index (Phi) is 8.11. The first-order valence-corrected chi connectivity index (χ1v) is 12.5. The lowest BCUT2D eigenvalue weighted by molar-refractivity contribution is 0.0956. The Bertz CT molecular complexity index is 1340. The van der Waals surface area contributed by atoms with E-state index in [2.05, 4.69) is 62.5 Å². The third kappa shape index (κ3) is 6.16. The number of hydrogen-bond donors (Lipinski definition) is 1. The zero-order chi connectivity index (χ0) is 25.5. The molecule has 0 radical (unpaired) electrons. The first kappa shape index (κ1) is 25.1. The second-order valence-corrected chi connectivity index (χ2v) is 9.48. The third-order valence-electron chi connectivity index (χ3n) is 6.19. The highest BCUT2D eigenvalue weighted by Crippen LogP contribution is 2.27.